The van der Waals surface area contributed by atoms with Crippen molar-refractivity contribution in [2.24, 2.45) is 15.6 Å². The standard InChI is InChI=1S/C24H26N6O/c1-4-24(15-7-5-8-16(11-15)28-22-25-9-6-10-26-22)17-14-27-30-21(17)29-18-12-23(2,3)13-19(31)20(18)24/h5-11,14,21,29H,4,12-13H2,1-3H3,(H,25,26,28)/t21?,24-/m1/s1. The van der Waals surface area contributed by atoms with Crippen LogP contribution < -0.4 is 10.6 Å². The Balaban J connectivity index is 1.66. The van der Waals surface area contributed by atoms with Crippen LogP contribution in [0.2, 0.25) is 0 Å². The molecule has 1 unspecified atom stereocenters. The van der Waals surface area contributed by atoms with Gasteiger partial charge in [0.1, 0.15) is 0 Å². The van der Waals surface area contributed by atoms with Crippen LogP contribution in [0.5, 0.6) is 0 Å². The number of nitrogens with zero attached hydrogens (tertiary/aromatic N) is 4. The number of anilines is 2. The molecule has 3 aliphatic rings. The first-order chi connectivity index (χ1) is 14.9. The van der Waals surface area contributed by atoms with Crippen LogP contribution >= 0.6 is 0 Å². The lowest BCUT2D eigenvalue weighted by molar-refractivity contribution is -0.119. The van der Waals surface area contributed by atoms with Crippen molar-refractivity contribution >= 4 is 17.4 Å². The molecule has 7 nitrogen and oxygen atoms in total. The molecule has 1 aromatic heterocycles. The molecule has 158 valence electrons. The Bertz CT molecular complexity index is 1130. The molecule has 31 heavy (non-hydrogen) atoms. The third-order valence-corrected chi connectivity index (χ3v) is 6.49. The molecule has 0 fully saturated rings. The molecule has 0 amide bonds. The first-order valence-electron chi connectivity index (χ1n) is 10.7. The van der Waals surface area contributed by atoms with Crippen molar-refractivity contribution in [3.8, 4) is 0 Å². The monoisotopic (exact) mass is 414 g/mol. The third-order valence-electron chi connectivity index (χ3n) is 6.49. The van der Waals surface area contributed by atoms with Gasteiger partial charge < -0.3 is 10.6 Å². The highest BCUT2D eigenvalue weighted by Crippen LogP contribution is 2.53. The Kier molecular flexibility index (Phi) is 4.50. The van der Waals surface area contributed by atoms with Crippen LogP contribution in [0.4, 0.5) is 11.6 Å². The second-order valence-corrected chi connectivity index (χ2v) is 9.19. The van der Waals surface area contributed by atoms with Gasteiger partial charge in [-0.3, -0.25) is 4.79 Å². The maximum absolute atomic E-state index is 13.5. The van der Waals surface area contributed by atoms with Gasteiger partial charge in [-0.25, -0.2) is 9.97 Å². The number of rotatable bonds is 4. The molecule has 0 bridgehead atoms. The van der Waals surface area contributed by atoms with Crippen molar-refractivity contribution in [3.05, 3.63) is 71.3 Å². The van der Waals surface area contributed by atoms with Crippen molar-refractivity contribution < 1.29 is 4.79 Å². The number of carbonyl (C=O) groups is 1. The maximum Gasteiger partial charge on any atom is 0.227 e. The minimum absolute atomic E-state index is 0.0760. The summed E-state index contributed by atoms with van der Waals surface area (Å²) in [6.45, 7) is 6.44. The summed E-state index contributed by atoms with van der Waals surface area (Å²) >= 11 is 0. The van der Waals surface area contributed by atoms with E-state index in [4.69, 9.17) is 0 Å². The maximum atomic E-state index is 13.5. The van der Waals surface area contributed by atoms with Crippen LogP contribution in [0.25, 0.3) is 0 Å². The van der Waals surface area contributed by atoms with Crippen molar-refractivity contribution in [1.29, 1.82) is 0 Å². The van der Waals surface area contributed by atoms with E-state index >= 15 is 0 Å². The van der Waals surface area contributed by atoms with E-state index in [1.807, 2.05) is 18.3 Å². The van der Waals surface area contributed by atoms with Gasteiger partial charge in [0, 0.05) is 41.3 Å². The van der Waals surface area contributed by atoms with Crippen LogP contribution in [-0.2, 0) is 10.2 Å². The van der Waals surface area contributed by atoms with Crippen molar-refractivity contribution in [2.45, 2.75) is 51.6 Å². The average Bonchev–Trinajstić information content (AvgIpc) is 3.21. The Morgan fingerprint density at radius 2 is 1.97 bits per heavy atom. The zero-order valence-electron chi connectivity index (χ0n) is 18.0. The second kappa shape index (κ2) is 7.11. The van der Waals surface area contributed by atoms with E-state index in [2.05, 4.69) is 63.7 Å². The number of ketones is 1. The predicted octanol–water partition coefficient (Wildman–Crippen LogP) is 4.79. The first kappa shape index (κ1) is 19.6. The summed E-state index contributed by atoms with van der Waals surface area (Å²) in [4.78, 5) is 22.1. The number of hydrogen-bond acceptors (Lipinski definition) is 7. The van der Waals surface area contributed by atoms with Crippen molar-refractivity contribution in [3.63, 3.8) is 0 Å². The molecule has 7 heteroatoms. The van der Waals surface area contributed by atoms with E-state index in [1.165, 1.54) is 0 Å². The van der Waals surface area contributed by atoms with Gasteiger partial charge in [0.25, 0.3) is 0 Å². The minimum Gasteiger partial charge on any atom is -0.362 e. The quantitative estimate of drug-likeness (QED) is 0.750. The Morgan fingerprint density at radius 1 is 1.16 bits per heavy atom. The fraction of sp³-hybridized carbons (Fsp3) is 0.375. The lowest BCUT2D eigenvalue weighted by Gasteiger charge is -2.47. The van der Waals surface area contributed by atoms with Gasteiger partial charge in [-0.2, -0.15) is 10.2 Å². The highest BCUT2D eigenvalue weighted by atomic mass is 16.1. The summed E-state index contributed by atoms with van der Waals surface area (Å²) < 4.78 is 0. The van der Waals surface area contributed by atoms with Crippen LogP contribution in [0, 0.1) is 5.41 Å². The summed E-state index contributed by atoms with van der Waals surface area (Å²) in [5, 5.41) is 15.4. The molecule has 0 saturated heterocycles. The van der Waals surface area contributed by atoms with Crippen LogP contribution in [0.15, 0.2) is 76.0 Å². The molecule has 1 aromatic carbocycles. The van der Waals surface area contributed by atoms with Crippen molar-refractivity contribution in [2.75, 3.05) is 5.32 Å². The van der Waals surface area contributed by atoms with Gasteiger partial charge in [0.2, 0.25) is 5.95 Å². The summed E-state index contributed by atoms with van der Waals surface area (Å²) in [6.07, 6.45) is 7.12. The van der Waals surface area contributed by atoms with E-state index in [9.17, 15) is 4.79 Å². The minimum atomic E-state index is -0.558. The number of carbonyl (C=O) groups excluding carboxylic acids is 1. The van der Waals surface area contributed by atoms with E-state index in [-0.39, 0.29) is 17.4 Å². The predicted molar refractivity (Wildman–Crippen MR) is 119 cm³/mol. The number of azo groups is 1. The Hall–Kier alpha value is -3.35. The molecular weight excluding hydrogens is 388 g/mol. The number of aromatic nitrogens is 2. The molecular formula is C24H26N6O. The molecule has 0 radical (unpaired) electrons. The number of Topliss-reactive ketones (excluding diaryl/α,β-unsaturated/α-hetero) is 1. The zero-order chi connectivity index (χ0) is 21.6. The topological polar surface area (TPSA) is 91.6 Å². The van der Waals surface area contributed by atoms with Gasteiger partial charge in [-0.15, -0.1) is 0 Å². The van der Waals surface area contributed by atoms with Gasteiger partial charge >= 0.3 is 0 Å². The molecule has 5 rings (SSSR count). The molecule has 2 N–H and O–H groups in total. The normalized spacial score (nSPS) is 26.1. The zero-order valence-corrected chi connectivity index (χ0v) is 18.0. The number of benzene rings is 1. The number of allylic oxidation sites excluding steroid dienone is 2. The van der Waals surface area contributed by atoms with Crippen LogP contribution in [0.3, 0.4) is 0 Å². The highest BCUT2D eigenvalue weighted by Gasteiger charge is 2.52. The number of fused-ring (bicyclic) bond motifs is 1. The molecule has 0 spiro atoms. The lowest BCUT2D eigenvalue weighted by atomic mass is 9.59. The second-order valence-electron chi connectivity index (χ2n) is 9.19. The largest absolute Gasteiger partial charge is 0.362 e. The van der Waals surface area contributed by atoms with Crippen LogP contribution in [0.1, 0.15) is 45.6 Å². The number of nitrogens with one attached hydrogen (secondary N) is 2. The van der Waals surface area contributed by atoms with E-state index < -0.39 is 5.41 Å². The number of hydrogen-bond donors (Lipinski definition) is 2. The summed E-state index contributed by atoms with van der Waals surface area (Å²) in [5.41, 5.74) is 4.22. The summed E-state index contributed by atoms with van der Waals surface area (Å²) in [6, 6.07) is 9.97. The highest BCUT2D eigenvalue weighted by molar-refractivity contribution is 6.01. The van der Waals surface area contributed by atoms with Crippen LogP contribution in [-0.4, -0.2) is 21.9 Å². The Morgan fingerprint density at radius 3 is 2.74 bits per heavy atom. The van der Waals surface area contributed by atoms with Gasteiger partial charge in [0.05, 0.1) is 11.6 Å². The van der Waals surface area contributed by atoms with Crippen molar-refractivity contribution in [1.82, 2.24) is 15.3 Å². The molecule has 1 aliphatic carbocycles. The van der Waals surface area contributed by atoms with E-state index in [0.717, 1.165) is 40.9 Å². The first-order valence-corrected chi connectivity index (χ1v) is 10.7. The Labute approximate surface area is 181 Å². The fourth-order valence-corrected chi connectivity index (χ4v) is 5.25. The van der Waals surface area contributed by atoms with E-state index in [0.29, 0.717) is 12.4 Å². The smallest absolute Gasteiger partial charge is 0.227 e. The molecule has 3 heterocycles. The SMILES string of the molecule is CC[C@@]1(c2cccc(Nc3ncccn3)c2)C2=CN=NC2NC2=C1C(=O)CC(C)(C)C2. The van der Waals surface area contributed by atoms with Gasteiger partial charge in [-0.05, 0) is 42.0 Å². The summed E-state index contributed by atoms with van der Waals surface area (Å²) in [5.74, 6) is 0.741. The molecule has 0 saturated carbocycles. The van der Waals surface area contributed by atoms with Gasteiger partial charge in [-0.1, -0.05) is 32.9 Å². The van der Waals surface area contributed by atoms with Gasteiger partial charge in [0.15, 0.2) is 11.9 Å². The third kappa shape index (κ3) is 3.15. The molecule has 2 aromatic rings. The van der Waals surface area contributed by atoms with E-state index in [1.54, 1.807) is 18.5 Å². The molecule has 2 atom stereocenters. The lowest BCUT2D eigenvalue weighted by Crippen LogP contribution is -2.51. The molecule has 2 aliphatic heterocycles. The fourth-order valence-electron chi connectivity index (χ4n) is 5.25. The summed E-state index contributed by atoms with van der Waals surface area (Å²) in [7, 11) is 0. The average molecular weight is 415 g/mol.